The summed E-state index contributed by atoms with van der Waals surface area (Å²) in [5.74, 6) is 1.42. The summed E-state index contributed by atoms with van der Waals surface area (Å²) in [7, 11) is 0. The van der Waals surface area contributed by atoms with Gasteiger partial charge in [0.25, 0.3) is 0 Å². The Kier molecular flexibility index (Phi) is 7.30. The maximum atomic E-state index is 5.22. The first-order valence-corrected chi connectivity index (χ1v) is 17.0. The maximum Gasteiger partial charge on any atom is 0.161 e. The second-order valence-electron chi connectivity index (χ2n) is 11.9. The molecule has 0 radical (unpaired) electrons. The smallest absolute Gasteiger partial charge is 0.161 e. The molecule has 230 valence electrons. The van der Waals surface area contributed by atoms with Crippen LogP contribution in [0.2, 0.25) is 0 Å². The molecular formula is C44H28N4S. The van der Waals surface area contributed by atoms with E-state index < -0.39 is 0 Å². The van der Waals surface area contributed by atoms with E-state index >= 15 is 0 Å². The average Bonchev–Trinajstić information content (AvgIpc) is 3.57. The molecule has 0 amide bonds. The van der Waals surface area contributed by atoms with E-state index in [2.05, 4.69) is 109 Å². The van der Waals surface area contributed by atoms with Crippen LogP contribution in [0.5, 0.6) is 0 Å². The summed E-state index contributed by atoms with van der Waals surface area (Å²) in [4.78, 5) is 21.3. The van der Waals surface area contributed by atoms with Crippen LogP contribution in [0.15, 0.2) is 170 Å². The van der Waals surface area contributed by atoms with E-state index in [9.17, 15) is 0 Å². The van der Waals surface area contributed by atoms with Gasteiger partial charge in [-0.25, -0.2) is 19.9 Å². The van der Waals surface area contributed by atoms with Gasteiger partial charge in [0.15, 0.2) is 11.6 Å². The monoisotopic (exact) mass is 644 g/mol. The molecule has 0 saturated carbocycles. The molecule has 0 spiro atoms. The Balaban J connectivity index is 1.15. The highest BCUT2D eigenvalue weighted by Gasteiger charge is 2.18. The molecule has 9 aromatic rings. The molecule has 4 nitrogen and oxygen atoms in total. The Labute approximate surface area is 288 Å². The van der Waals surface area contributed by atoms with Crippen LogP contribution in [0.4, 0.5) is 0 Å². The molecule has 0 saturated heterocycles. The lowest BCUT2D eigenvalue weighted by Gasteiger charge is -2.13. The van der Waals surface area contributed by atoms with E-state index in [0.717, 1.165) is 66.1 Å². The zero-order valence-electron chi connectivity index (χ0n) is 26.4. The number of thiophene rings is 1. The lowest BCUT2D eigenvalue weighted by atomic mass is 9.96. The summed E-state index contributed by atoms with van der Waals surface area (Å²) in [5, 5.41) is 2.29. The van der Waals surface area contributed by atoms with Crippen LogP contribution in [0, 0.1) is 0 Å². The van der Waals surface area contributed by atoms with Crippen molar-refractivity contribution in [3.05, 3.63) is 170 Å². The van der Waals surface area contributed by atoms with Gasteiger partial charge < -0.3 is 0 Å². The van der Waals surface area contributed by atoms with Crippen LogP contribution >= 0.6 is 11.3 Å². The maximum absolute atomic E-state index is 5.22. The Morgan fingerprint density at radius 3 is 1.63 bits per heavy atom. The molecule has 0 atom stereocenters. The molecule has 0 aliphatic carbocycles. The molecule has 0 N–H and O–H groups in total. The minimum atomic E-state index is 0.706. The SMILES string of the molecule is c1ccc(-c2ncc(-c3cccc(-c4cccc(-c5nc(-c6ccccc6)c6c(n5)sc5ccccc56)c4)c3)c(-c3ccccc3)n2)cc1. The van der Waals surface area contributed by atoms with Crippen molar-refractivity contribution in [1.29, 1.82) is 0 Å². The molecule has 0 fully saturated rings. The van der Waals surface area contributed by atoms with E-state index in [1.54, 1.807) is 11.3 Å². The highest BCUT2D eigenvalue weighted by molar-refractivity contribution is 7.25. The van der Waals surface area contributed by atoms with Crippen LogP contribution < -0.4 is 0 Å². The molecular weight excluding hydrogens is 617 g/mol. The van der Waals surface area contributed by atoms with Gasteiger partial charge in [0, 0.05) is 49.5 Å². The standard InChI is InChI=1S/C44H28N4S/c1-4-14-29(15-5-1)40-37(28-45-42(46-40)31-18-8-3-9-19-31)34-22-12-20-32(26-34)33-21-13-23-35(27-33)43-47-41(30-16-6-2-7-17-30)39-36-24-10-11-25-38(36)49-44(39)48-43/h1-28H. The van der Waals surface area contributed by atoms with Gasteiger partial charge in [0.05, 0.1) is 11.4 Å². The lowest BCUT2D eigenvalue weighted by molar-refractivity contribution is 1.18. The van der Waals surface area contributed by atoms with E-state index in [1.165, 1.54) is 10.1 Å². The summed E-state index contributed by atoms with van der Waals surface area (Å²) in [6.07, 6.45) is 1.95. The van der Waals surface area contributed by atoms with Gasteiger partial charge >= 0.3 is 0 Å². The molecule has 3 aromatic heterocycles. The van der Waals surface area contributed by atoms with Gasteiger partial charge in [-0.15, -0.1) is 11.3 Å². The van der Waals surface area contributed by atoms with Crippen LogP contribution in [-0.4, -0.2) is 19.9 Å². The van der Waals surface area contributed by atoms with Gasteiger partial charge in [0.1, 0.15) is 4.83 Å². The Bertz CT molecular complexity index is 2600. The molecule has 0 bridgehead atoms. The first-order chi connectivity index (χ1) is 24.3. The zero-order chi connectivity index (χ0) is 32.6. The second kappa shape index (κ2) is 12.4. The van der Waals surface area contributed by atoms with Crippen molar-refractivity contribution in [2.24, 2.45) is 0 Å². The van der Waals surface area contributed by atoms with Crippen molar-refractivity contribution in [2.45, 2.75) is 0 Å². The minimum absolute atomic E-state index is 0.706. The van der Waals surface area contributed by atoms with Crippen LogP contribution in [0.3, 0.4) is 0 Å². The van der Waals surface area contributed by atoms with Crippen molar-refractivity contribution in [1.82, 2.24) is 19.9 Å². The van der Waals surface area contributed by atoms with Gasteiger partial charge in [-0.05, 0) is 34.9 Å². The summed E-state index contributed by atoms with van der Waals surface area (Å²) in [5.41, 5.74) is 10.2. The molecule has 5 heteroatoms. The molecule has 0 unspecified atom stereocenters. The van der Waals surface area contributed by atoms with Gasteiger partial charge in [-0.1, -0.05) is 146 Å². The number of benzene rings is 6. The fraction of sp³-hybridized carbons (Fsp3) is 0. The highest BCUT2D eigenvalue weighted by atomic mass is 32.1. The molecule has 6 aromatic carbocycles. The van der Waals surface area contributed by atoms with Gasteiger partial charge in [0.2, 0.25) is 0 Å². The summed E-state index contributed by atoms with van der Waals surface area (Å²) in [6.45, 7) is 0. The van der Waals surface area contributed by atoms with Gasteiger partial charge in [-0.3, -0.25) is 0 Å². The van der Waals surface area contributed by atoms with E-state index in [0.29, 0.717) is 11.6 Å². The Morgan fingerprint density at radius 1 is 0.388 bits per heavy atom. The zero-order valence-corrected chi connectivity index (χ0v) is 27.2. The Morgan fingerprint density at radius 2 is 0.918 bits per heavy atom. The van der Waals surface area contributed by atoms with Crippen molar-refractivity contribution >= 4 is 31.6 Å². The van der Waals surface area contributed by atoms with Crippen LogP contribution in [-0.2, 0) is 0 Å². The quantitative estimate of drug-likeness (QED) is 0.181. The number of hydrogen-bond donors (Lipinski definition) is 0. The Hall–Kier alpha value is -6.30. The normalized spacial score (nSPS) is 11.3. The van der Waals surface area contributed by atoms with Gasteiger partial charge in [-0.2, -0.15) is 0 Å². The highest BCUT2D eigenvalue weighted by Crippen LogP contribution is 2.40. The topological polar surface area (TPSA) is 51.6 Å². The minimum Gasteiger partial charge on any atom is -0.236 e. The lowest BCUT2D eigenvalue weighted by Crippen LogP contribution is -1.96. The van der Waals surface area contributed by atoms with E-state index in [1.807, 2.05) is 60.8 Å². The number of rotatable bonds is 6. The number of aromatic nitrogens is 4. The largest absolute Gasteiger partial charge is 0.236 e. The van der Waals surface area contributed by atoms with Crippen molar-refractivity contribution < 1.29 is 0 Å². The first kappa shape index (κ1) is 28.9. The van der Waals surface area contributed by atoms with E-state index in [-0.39, 0.29) is 0 Å². The summed E-state index contributed by atoms with van der Waals surface area (Å²) >= 11 is 1.72. The van der Waals surface area contributed by atoms with Crippen molar-refractivity contribution in [3.8, 4) is 67.5 Å². The fourth-order valence-electron chi connectivity index (χ4n) is 6.40. The van der Waals surface area contributed by atoms with Crippen LogP contribution in [0.1, 0.15) is 0 Å². The number of nitrogens with zero attached hydrogens (tertiary/aromatic N) is 4. The predicted molar refractivity (Wildman–Crippen MR) is 203 cm³/mol. The second-order valence-corrected chi connectivity index (χ2v) is 12.9. The molecule has 49 heavy (non-hydrogen) atoms. The summed E-state index contributed by atoms with van der Waals surface area (Å²) < 4.78 is 1.21. The number of fused-ring (bicyclic) bond motifs is 3. The van der Waals surface area contributed by atoms with Crippen LogP contribution in [0.25, 0.3) is 87.8 Å². The third-order valence-electron chi connectivity index (χ3n) is 8.78. The summed E-state index contributed by atoms with van der Waals surface area (Å²) in [6, 6.07) is 56.5. The number of hydrogen-bond acceptors (Lipinski definition) is 5. The van der Waals surface area contributed by atoms with Crippen molar-refractivity contribution in [2.75, 3.05) is 0 Å². The fourth-order valence-corrected chi connectivity index (χ4v) is 7.47. The average molecular weight is 645 g/mol. The molecule has 3 heterocycles. The molecule has 9 rings (SSSR count). The third kappa shape index (κ3) is 5.46. The first-order valence-electron chi connectivity index (χ1n) is 16.2. The van der Waals surface area contributed by atoms with Crippen molar-refractivity contribution in [3.63, 3.8) is 0 Å². The third-order valence-corrected chi connectivity index (χ3v) is 9.85. The van der Waals surface area contributed by atoms with E-state index in [4.69, 9.17) is 19.9 Å². The molecule has 0 aliphatic heterocycles. The molecule has 0 aliphatic rings. The predicted octanol–water partition coefficient (Wildman–Crippen LogP) is 11.6.